The molecule has 0 aromatic heterocycles. The fourth-order valence-corrected chi connectivity index (χ4v) is 0.727. The van der Waals surface area contributed by atoms with Gasteiger partial charge < -0.3 is 9.57 Å². The van der Waals surface area contributed by atoms with E-state index in [1.807, 2.05) is 6.07 Å². The van der Waals surface area contributed by atoms with Crippen molar-refractivity contribution in [1.82, 2.24) is 0 Å². The summed E-state index contributed by atoms with van der Waals surface area (Å²) >= 11 is 0. The molecule has 4 nitrogen and oxygen atoms in total. The van der Waals surface area contributed by atoms with Gasteiger partial charge in [0.1, 0.15) is 12.9 Å². The van der Waals surface area contributed by atoms with E-state index in [2.05, 4.69) is 9.99 Å². The van der Waals surface area contributed by atoms with Crippen molar-refractivity contribution in [2.45, 2.75) is 0 Å². The summed E-state index contributed by atoms with van der Waals surface area (Å²) in [6.45, 7) is 0. The van der Waals surface area contributed by atoms with Gasteiger partial charge in [0, 0.05) is 0 Å². The predicted octanol–water partition coefficient (Wildman–Crippen LogP) is 1.22. The van der Waals surface area contributed by atoms with Crippen molar-refractivity contribution in [3.63, 3.8) is 0 Å². The van der Waals surface area contributed by atoms with Crippen LogP contribution in [-0.2, 0) is 9.63 Å². The van der Waals surface area contributed by atoms with Gasteiger partial charge in [-0.15, -0.1) is 0 Å². The number of hydrogen-bond donors (Lipinski definition) is 0. The number of esters is 1. The van der Waals surface area contributed by atoms with Crippen LogP contribution in [0.25, 0.3) is 0 Å². The van der Waals surface area contributed by atoms with Crippen molar-refractivity contribution in [3.8, 4) is 5.75 Å². The highest BCUT2D eigenvalue weighted by Gasteiger charge is 1.99. The van der Waals surface area contributed by atoms with Crippen molar-refractivity contribution in [2.24, 2.45) is 5.16 Å². The van der Waals surface area contributed by atoms with Crippen LogP contribution >= 0.6 is 0 Å². The maximum Gasteiger partial charge on any atom is 0.358 e. The van der Waals surface area contributed by atoms with Gasteiger partial charge in [0.15, 0.2) is 6.21 Å². The molecule has 0 aliphatic carbocycles. The molecule has 4 heteroatoms. The second-order valence-electron chi connectivity index (χ2n) is 2.15. The Balaban J connectivity index is 2.50. The van der Waals surface area contributed by atoms with Crippen LogP contribution in [0.1, 0.15) is 0 Å². The third-order valence-electron chi connectivity index (χ3n) is 1.23. The summed E-state index contributed by atoms with van der Waals surface area (Å²) in [5.74, 6) is -0.0805. The van der Waals surface area contributed by atoms with E-state index in [9.17, 15) is 4.79 Å². The van der Waals surface area contributed by atoms with E-state index in [0.717, 1.165) is 6.21 Å². The van der Waals surface area contributed by atoms with Crippen LogP contribution in [0.15, 0.2) is 35.5 Å². The van der Waals surface area contributed by atoms with Crippen LogP contribution < -0.4 is 4.74 Å². The Morgan fingerprint density at radius 3 is 2.69 bits per heavy atom. The first-order chi connectivity index (χ1) is 6.33. The molecule has 0 aliphatic rings. The second-order valence-corrected chi connectivity index (χ2v) is 2.15. The molecule has 1 rings (SSSR count). The first-order valence-electron chi connectivity index (χ1n) is 3.66. The number of carbonyl (C=O) groups is 1. The van der Waals surface area contributed by atoms with Crippen LogP contribution in [0.2, 0.25) is 0 Å². The van der Waals surface area contributed by atoms with Gasteiger partial charge in [-0.05, 0) is 12.1 Å². The average Bonchev–Trinajstić information content (AvgIpc) is 2.16. The van der Waals surface area contributed by atoms with Crippen LogP contribution in [0.5, 0.6) is 5.75 Å². The van der Waals surface area contributed by atoms with E-state index in [1.54, 1.807) is 24.3 Å². The molecule has 0 bridgehead atoms. The molecule has 13 heavy (non-hydrogen) atoms. The fourth-order valence-electron chi connectivity index (χ4n) is 0.727. The second kappa shape index (κ2) is 4.92. The number of benzene rings is 1. The van der Waals surface area contributed by atoms with Crippen molar-refractivity contribution >= 4 is 12.2 Å². The lowest BCUT2D eigenvalue weighted by atomic mass is 10.3. The molecule has 0 fully saturated rings. The molecule has 0 spiro atoms. The largest absolute Gasteiger partial charge is 0.422 e. The van der Waals surface area contributed by atoms with Gasteiger partial charge >= 0.3 is 5.97 Å². The SMILES string of the molecule is CON=CC(=O)Oc1ccccc1. The van der Waals surface area contributed by atoms with Gasteiger partial charge in [0.25, 0.3) is 0 Å². The van der Waals surface area contributed by atoms with Crippen LogP contribution in [0.3, 0.4) is 0 Å². The summed E-state index contributed by atoms with van der Waals surface area (Å²) in [5, 5.41) is 3.27. The van der Waals surface area contributed by atoms with Crippen molar-refractivity contribution in [1.29, 1.82) is 0 Å². The lowest BCUT2D eigenvalue weighted by Crippen LogP contribution is -2.08. The predicted molar refractivity (Wildman–Crippen MR) is 47.6 cm³/mol. The molecule has 0 saturated carbocycles. The summed E-state index contributed by atoms with van der Waals surface area (Å²) in [4.78, 5) is 15.2. The number of nitrogens with zero attached hydrogens (tertiary/aromatic N) is 1. The molecule has 1 aromatic rings. The summed E-state index contributed by atoms with van der Waals surface area (Å²) in [6, 6.07) is 8.74. The molecule has 1 aromatic carbocycles. The highest BCUT2D eigenvalue weighted by molar-refractivity contribution is 6.23. The van der Waals surface area contributed by atoms with E-state index < -0.39 is 5.97 Å². The Morgan fingerprint density at radius 1 is 1.38 bits per heavy atom. The smallest absolute Gasteiger partial charge is 0.358 e. The van der Waals surface area contributed by atoms with Crippen LogP contribution in [0.4, 0.5) is 0 Å². The molecule has 0 heterocycles. The molecular formula is C9H9NO3. The molecule has 0 aliphatic heterocycles. The number of oxime groups is 1. The monoisotopic (exact) mass is 179 g/mol. The van der Waals surface area contributed by atoms with Crippen molar-refractivity contribution in [3.05, 3.63) is 30.3 Å². The zero-order valence-electron chi connectivity index (χ0n) is 7.14. The molecule has 0 saturated heterocycles. The number of rotatable bonds is 3. The number of para-hydroxylation sites is 1. The number of carbonyl (C=O) groups excluding carboxylic acids is 1. The first kappa shape index (κ1) is 9.25. The molecule has 0 N–H and O–H groups in total. The minimum absolute atomic E-state index is 0.482. The van der Waals surface area contributed by atoms with Gasteiger partial charge in [0.2, 0.25) is 0 Å². The highest BCUT2D eigenvalue weighted by atomic mass is 16.6. The third kappa shape index (κ3) is 3.37. The zero-order chi connectivity index (χ0) is 9.52. The van der Waals surface area contributed by atoms with E-state index in [-0.39, 0.29) is 0 Å². The van der Waals surface area contributed by atoms with Gasteiger partial charge in [-0.25, -0.2) is 4.79 Å². The van der Waals surface area contributed by atoms with E-state index in [0.29, 0.717) is 5.75 Å². The third-order valence-corrected chi connectivity index (χ3v) is 1.23. The molecule has 0 unspecified atom stereocenters. The van der Waals surface area contributed by atoms with E-state index >= 15 is 0 Å². The van der Waals surface area contributed by atoms with E-state index in [1.165, 1.54) is 7.11 Å². The van der Waals surface area contributed by atoms with Crippen molar-refractivity contribution < 1.29 is 14.4 Å². The molecule has 0 radical (unpaired) electrons. The van der Waals surface area contributed by atoms with Gasteiger partial charge in [0.05, 0.1) is 0 Å². The summed E-state index contributed by atoms with van der Waals surface area (Å²) < 4.78 is 4.85. The van der Waals surface area contributed by atoms with Gasteiger partial charge in [-0.2, -0.15) is 0 Å². The molecular weight excluding hydrogens is 170 g/mol. The Bertz CT molecular complexity index is 295. The number of hydrogen-bond acceptors (Lipinski definition) is 4. The van der Waals surface area contributed by atoms with Gasteiger partial charge in [-0.1, -0.05) is 23.4 Å². The first-order valence-corrected chi connectivity index (χ1v) is 3.66. The highest BCUT2D eigenvalue weighted by Crippen LogP contribution is 2.07. The summed E-state index contributed by atoms with van der Waals surface area (Å²) in [7, 11) is 1.35. The molecule has 0 atom stereocenters. The lowest BCUT2D eigenvalue weighted by Gasteiger charge is -1.98. The zero-order valence-corrected chi connectivity index (χ0v) is 7.14. The molecule has 0 amide bonds. The Morgan fingerprint density at radius 2 is 2.08 bits per heavy atom. The Kier molecular flexibility index (Phi) is 3.50. The fraction of sp³-hybridized carbons (Fsp3) is 0.111. The Hall–Kier alpha value is -1.84. The van der Waals surface area contributed by atoms with Crippen LogP contribution in [0, 0.1) is 0 Å². The normalized spacial score (nSPS) is 9.92. The van der Waals surface area contributed by atoms with Crippen molar-refractivity contribution in [2.75, 3.05) is 7.11 Å². The van der Waals surface area contributed by atoms with Crippen LogP contribution in [-0.4, -0.2) is 19.3 Å². The average molecular weight is 179 g/mol. The maximum absolute atomic E-state index is 10.9. The number of ether oxygens (including phenoxy) is 1. The topological polar surface area (TPSA) is 47.9 Å². The minimum atomic E-state index is -0.562. The standard InChI is InChI=1S/C9H9NO3/c1-12-10-7-9(11)13-8-5-3-2-4-6-8/h2-7H,1H3. The minimum Gasteiger partial charge on any atom is -0.422 e. The molecule has 68 valence electrons. The van der Waals surface area contributed by atoms with E-state index in [4.69, 9.17) is 4.74 Å². The lowest BCUT2D eigenvalue weighted by molar-refractivity contribution is -0.126. The maximum atomic E-state index is 10.9. The summed E-state index contributed by atoms with van der Waals surface area (Å²) in [5.41, 5.74) is 0. The van der Waals surface area contributed by atoms with Gasteiger partial charge in [-0.3, -0.25) is 0 Å². The quantitative estimate of drug-likeness (QED) is 0.303. The Labute approximate surface area is 75.8 Å². The summed E-state index contributed by atoms with van der Waals surface area (Å²) in [6.07, 6.45) is 0.965.